The first kappa shape index (κ1) is 17.1. The molecular weight excluding hydrogens is 337 g/mol. The summed E-state index contributed by atoms with van der Waals surface area (Å²) in [5, 5.41) is 16.9. The molecule has 23 heavy (non-hydrogen) atoms. The van der Waals surface area contributed by atoms with Crippen LogP contribution in [-0.4, -0.2) is 27.5 Å². The normalized spacial score (nSPS) is 11.3. The van der Waals surface area contributed by atoms with Crippen LogP contribution in [0.4, 0.5) is 29.3 Å². The number of hydrogen-bond acceptors (Lipinski definition) is 3. The smallest absolute Gasteiger partial charge is 0.394 e. The topological polar surface area (TPSA) is 79.2 Å². The fraction of sp³-hybridized carbons (Fsp3) is 0.231. The molecule has 1 aromatic heterocycles. The van der Waals surface area contributed by atoms with Gasteiger partial charge in [0.2, 0.25) is 0 Å². The molecule has 0 saturated heterocycles. The molecule has 2 aromatic rings. The number of benzene rings is 1. The summed E-state index contributed by atoms with van der Waals surface area (Å²) < 4.78 is 39.6. The molecule has 2 amide bonds. The molecule has 0 bridgehead atoms. The van der Waals surface area contributed by atoms with Crippen molar-refractivity contribution < 1.29 is 23.1 Å². The first-order valence-corrected chi connectivity index (χ1v) is 6.75. The van der Waals surface area contributed by atoms with Gasteiger partial charge in [-0.1, -0.05) is 11.6 Å². The van der Waals surface area contributed by atoms with Crippen molar-refractivity contribution >= 4 is 29.0 Å². The Morgan fingerprint density at radius 3 is 2.65 bits per heavy atom. The van der Waals surface area contributed by atoms with Gasteiger partial charge in [-0.3, -0.25) is 4.68 Å². The molecule has 0 aliphatic heterocycles. The van der Waals surface area contributed by atoms with Gasteiger partial charge in [0, 0.05) is 11.9 Å². The number of anilines is 2. The number of alkyl halides is 3. The highest BCUT2D eigenvalue weighted by molar-refractivity contribution is 6.31. The Labute approximate surface area is 133 Å². The molecule has 2 rings (SSSR count). The highest BCUT2D eigenvalue weighted by Gasteiger charge is 2.33. The van der Waals surface area contributed by atoms with Gasteiger partial charge in [0.15, 0.2) is 0 Å². The summed E-state index contributed by atoms with van der Waals surface area (Å²) in [6.07, 6.45) is -1.80. The summed E-state index contributed by atoms with van der Waals surface area (Å²) in [7, 11) is 0. The average molecular weight is 349 g/mol. The van der Waals surface area contributed by atoms with Gasteiger partial charge < -0.3 is 15.7 Å². The van der Waals surface area contributed by atoms with E-state index >= 15 is 0 Å². The Hall–Kier alpha value is -2.26. The van der Waals surface area contributed by atoms with E-state index in [1.807, 2.05) is 0 Å². The number of halogens is 4. The molecule has 1 aromatic carbocycles. The number of rotatable bonds is 4. The van der Waals surface area contributed by atoms with Crippen molar-refractivity contribution in [1.29, 1.82) is 0 Å². The number of nitrogens with zero attached hydrogens (tertiary/aromatic N) is 2. The minimum Gasteiger partial charge on any atom is -0.394 e. The summed E-state index contributed by atoms with van der Waals surface area (Å²) in [6.45, 7) is 0.147. The van der Waals surface area contributed by atoms with Crippen LogP contribution in [0.3, 0.4) is 0 Å². The van der Waals surface area contributed by atoms with Crippen molar-refractivity contribution in [2.75, 3.05) is 17.2 Å². The average Bonchev–Trinajstić information content (AvgIpc) is 2.87. The Kier molecular flexibility index (Phi) is 5.12. The molecule has 0 atom stereocenters. The quantitative estimate of drug-likeness (QED) is 0.794. The SMILES string of the molecule is O=C(Nc1ccc(Cl)c(C(F)(F)F)c1)Nc1cnn(CCO)c1. The third kappa shape index (κ3) is 4.60. The van der Waals surface area contributed by atoms with Gasteiger partial charge in [0.1, 0.15) is 0 Å². The van der Waals surface area contributed by atoms with E-state index in [2.05, 4.69) is 15.7 Å². The lowest BCUT2D eigenvalue weighted by atomic mass is 10.2. The molecular formula is C13H12ClF3N4O2. The van der Waals surface area contributed by atoms with Crippen LogP contribution in [0.2, 0.25) is 5.02 Å². The van der Waals surface area contributed by atoms with Gasteiger partial charge in [-0.2, -0.15) is 18.3 Å². The van der Waals surface area contributed by atoms with E-state index in [9.17, 15) is 18.0 Å². The van der Waals surface area contributed by atoms with Crippen molar-refractivity contribution in [3.8, 4) is 0 Å². The van der Waals surface area contributed by atoms with Crippen LogP contribution in [-0.2, 0) is 12.7 Å². The van der Waals surface area contributed by atoms with E-state index in [-0.39, 0.29) is 18.8 Å². The zero-order chi connectivity index (χ0) is 17.0. The van der Waals surface area contributed by atoms with Crippen LogP contribution in [0.25, 0.3) is 0 Å². The number of aromatic nitrogens is 2. The van der Waals surface area contributed by atoms with Crippen LogP contribution in [0.15, 0.2) is 30.6 Å². The maximum atomic E-state index is 12.7. The van der Waals surface area contributed by atoms with Crippen molar-refractivity contribution in [2.24, 2.45) is 0 Å². The fourth-order valence-corrected chi connectivity index (χ4v) is 1.99. The lowest BCUT2D eigenvalue weighted by molar-refractivity contribution is -0.137. The van der Waals surface area contributed by atoms with Crippen LogP contribution >= 0.6 is 11.6 Å². The lowest BCUT2D eigenvalue weighted by Crippen LogP contribution is -2.19. The minimum absolute atomic E-state index is 0.0537. The number of amides is 2. The van der Waals surface area contributed by atoms with Crippen molar-refractivity contribution in [2.45, 2.75) is 12.7 Å². The Bertz CT molecular complexity index is 703. The molecule has 3 N–H and O–H groups in total. The number of hydrogen-bond donors (Lipinski definition) is 3. The Balaban J connectivity index is 2.05. The summed E-state index contributed by atoms with van der Waals surface area (Å²) in [4.78, 5) is 11.8. The van der Waals surface area contributed by atoms with Gasteiger partial charge in [-0.15, -0.1) is 0 Å². The summed E-state index contributed by atoms with van der Waals surface area (Å²) in [5.74, 6) is 0. The van der Waals surface area contributed by atoms with E-state index in [0.29, 0.717) is 5.69 Å². The van der Waals surface area contributed by atoms with E-state index in [0.717, 1.165) is 12.1 Å². The maximum Gasteiger partial charge on any atom is 0.417 e. The Morgan fingerprint density at radius 1 is 1.30 bits per heavy atom. The fourth-order valence-electron chi connectivity index (χ4n) is 1.77. The molecule has 10 heteroatoms. The second-order valence-corrected chi connectivity index (χ2v) is 4.89. The number of nitrogens with one attached hydrogen (secondary N) is 2. The number of aliphatic hydroxyl groups excluding tert-OH is 1. The van der Waals surface area contributed by atoms with Gasteiger partial charge >= 0.3 is 12.2 Å². The molecule has 0 spiro atoms. The standard InChI is InChI=1S/C13H12ClF3N4O2/c14-11-2-1-8(5-10(11)13(15,16)17)19-12(23)20-9-6-18-21(7-9)3-4-22/h1-2,5-7,22H,3-4H2,(H2,19,20,23). The third-order valence-corrected chi connectivity index (χ3v) is 3.08. The van der Waals surface area contributed by atoms with Crippen LogP contribution in [0, 0.1) is 0 Å². The number of carbonyl (C=O) groups excluding carboxylic acids is 1. The van der Waals surface area contributed by atoms with E-state index < -0.39 is 22.8 Å². The van der Waals surface area contributed by atoms with E-state index in [4.69, 9.17) is 16.7 Å². The van der Waals surface area contributed by atoms with Crippen molar-refractivity contribution in [3.05, 3.63) is 41.2 Å². The molecule has 0 radical (unpaired) electrons. The first-order chi connectivity index (χ1) is 10.8. The van der Waals surface area contributed by atoms with Gasteiger partial charge in [0.25, 0.3) is 0 Å². The second-order valence-electron chi connectivity index (χ2n) is 4.49. The summed E-state index contributed by atoms with van der Waals surface area (Å²) >= 11 is 5.50. The van der Waals surface area contributed by atoms with Gasteiger partial charge in [0.05, 0.1) is 35.6 Å². The largest absolute Gasteiger partial charge is 0.417 e. The maximum absolute atomic E-state index is 12.7. The van der Waals surface area contributed by atoms with Gasteiger partial charge in [-0.05, 0) is 18.2 Å². The number of aliphatic hydroxyl groups is 1. The molecule has 1 heterocycles. The van der Waals surface area contributed by atoms with Crippen LogP contribution < -0.4 is 10.6 Å². The zero-order valence-corrected chi connectivity index (χ0v) is 12.3. The lowest BCUT2D eigenvalue weighted by Gasteiger charge is -2.12. The van der Waals surface area contributed by atoms with Crippen LogP contribution in [0.1, 0.15) is 5.56 Å². The van der Waals surface area contributed by atoms with Crippen molar-refractivity contribution in [3.63, 3.8) is 0 Å². The predicted octanol–water partition coefficient (Wildman–Crippen LogP) is 3.19. The molecule has 0 unspecified atom stereocenters. The number of carbonyl (C=O) groups is 1. The second kappa shape index (κ2) is 6.88. The van der Waals surface area contributed by atoms with E-state index in [1.165, 1.54) is 23.1 Å². The molecule has 0 fully saturated rings. The molecule has 124 valence electrons. The molecule has 6 nitrogen and oxygen atoms in total. The molecule has 0 aliphatic carbocycles. The highest BCUT2D eigenvalue weighted by Crippen LogP contribution is 2.36. The van der Waals surface area contributed by atoms with E-state index in [1.54, 1.807) is 0 Å². The van der Waals surface area contributed by atoms with Crippen LogP contribution in [0.5, 0.6) is 0 Å². The number of urea groups is 1. The highest BCUT2D eigenvalue weighted by atomic mass is 35.5. The third-order valence-electron chi connectivity index (χ3n) is 2.75. The van der Waals surface area contributed by atoms with Crippen molar-refractivity contribution in [1.82, 2.24) is 9.78 Å². The summed E-state index contributed by atoms with van der Waals surface area (Å²) in [6, 6.07) is 2.33. The van der Waals surface area contributed by atoms with Gasteiger partial charge in [-0.25, -0.2) is 4.79 Å². The predicted molar refractivity (Wildman–Crippen MR) is 78.4 cm³/mol. The summed E-state index contributed by atoms with van der Waals surface area (Å²) in [5.41, 5.74) is -0.754. The molecule has 0 aliphatic rings. The molecule has 0 saturated carbocycles. The minimum atomic E-state index is -4.61. The monoisotopic (exact) mass is 348 g/mol. The Morgan fingerprint density at radius 2 is 2.00 bits per heavy atom. The zero-order valence-electron chi connectivity index (χ0n) is 11.6. The first-order valence-electron chi connectivity index (χ1n) is 6.37.